The molecule has 4 nitrogen and oxygen atoms in total. The van der Waals surface area contributed by atoms with Crippen molar-refractivity contribution in [2.24, 2.45) is 5.92 Å². The van der Waals surface area contributed by atoms with E-state index in [1.165, 1.54) is 0 Å². The SMILES string of the molecule is CCCN(C(=O)C[C@@H]1C=CCC1)[C@H]1CCS(=O)(=O)C1. The lowest BCUT2D eigenvalue weighted by Gasteiger charge is -2.28. The first-order chi connectivity index (χ1) is 9.02. The third-order valence-electron chi connectivity index (χ3n) is 3.98. The summed E-state index contributed by atoms with van der Waals surface area (Å²) in [5.74, 6) is 0.860. The van der Waals surface area contributed by atoms with Gasteiger partial charge < -0.3 is 4.90 Å². The monoisotopic (exact) mass is 285 g/mol. The van der Waals surface area contributed by atoms with Crippen molar-refractivity contribution in [1.29, 1.82) is 0 Å². The maximum atomic E-state index is 12.4. The van der Waals surface area contributed by atoms with E-state index in [1.807, 2.05) is 11.8 Å². The van der Waals surface area contributed by atoms with Crippen LogP contribution in [0, 0.1) is 5.92 Å². The van der Waals surface area contributed by atoms with Crippen molar-refractivity contribution >= 4 is 15.7 Å². The lowest BCUT2D eigenvalue weighted by Crippen LogP contribution is -2.42. The summed E-state index contributed by atoms with van der Waals surface area (Å²) in [4.78, 5) is 14.2. The van der Waals surface area contributed by atoms with Crippen molar-refractivity contribution in [3.63, 3.8) is 0 Å². The quantitative estimate of drug-likeness (QED) is 0.723. The van der Waals surface area contributed by atoms with E-state index < -0.39 is 9.84 Å². The van der Waals surface area contributed by atoms with Gasteiger partial charge in [-0.15, -0.1) is 0 Å². The molecule has 0 N–H and O–H groups in total. The summed E-state index contributed by atoms with van der Waals surface area (Å²) >= 11 is 0. The van der Waals surface area contributed by atoms with E-state index in [9.17, 15) is 13.2 Å². The van der Waals surface area contributed by atoms with Crippen molar-refractivity contribution in [1.82, 2.24) is 4.90 Å². The van der Waals surface area contributed by atoms with Gasteiger partial charge >= 0.3 is 0 Å². The van der Waals surface area contributed by atoms with Crippen LogP contribution < -0.4 is 0 Å². The third-order valence-corrected chi connectivity index (χ3v) is 5.73. The highest BCUT2D eigenvalue weighted by Crippen LogP contribution is 2.24. The minimum absolute atomic E-state index is 0.0946. The van der Waals surface area contributed by atoms with Crippen LogP contribution >= 0.6 is 0 Å². The molecular weight excluding hydrogens is 262 g/mol. The molecule has 2 rings (SSSR count). The molecule has 108 valence electrons. The number of hydrogen-bond acceptors (Lipinski definition) is 3. The Hall–Kier alpha value is -0.840. The Morgan fingerprint density at radius 3 is 2.68 bits per heavy atom. The summed E-state index contributed by atoms with van der Waals surface area (Å²) in [7, 11) is -2.93. The van der Waals surface area contributed by atoms with E-state index in [0.717, 1.165) is 19.3 Å². The van der Waals surface area contributed by atoms with Gasteiger partial charge in [-0.1, -0.05) is 19.1 Å². The van der Waals surface area contributed by atoms with Gasteiger partial charge in [0.2, 0.25) is 5.91 Å². The van der Waals surface area contributed by atoms with Crippen molar-refractivity contribution in [2.75, 3.05) is 18.1 Å². The molecule has 0 aromatic carbocycles. The van der Waals surface area contributed by atoms with E-state index in [0.29, 0.717) is 25.3 Å². The molecule has 2 atom stereocenters. The lowest BCUT2D eigenvalue weighted by atomic mass is 10.0. The fourth-order valence-corrected chi connectivity index (χ4v) is 4.71. The Morgan fingerprint density at radius 1 is 1.37 bits per heavy atom. The number of sulfone groups is 1. The second-order valence-corrected chi connectivity index (χ2v) is 7.84. The van der Waals surface area contributed by atoms with Gasteiger partial charge in [0.05, 0.1) is 11.5 Å². The largest absolute Gasteiger partial charge is 0.339 e. The molecule has 0 aromatic heterocycles. The summed E-state index contributed by atoms with van der Waals surface area (Å²) in [6.45, 7) is 2.70. The summed E-state index contributed by atoms with van der Waals surface area (Å²) in [5.41, 5.74) is 0. The van der Waals surface area contributed by atoms with Crippen LogP contribution in [0.1, 0.15) is 39.0 Å². The minimum Gasteiger partial charge on any atom is -0.339 e. The highest BCUT2D eigenvalue weighted by atomic mass is 32.2. The standard InChI is InChI=1S/C14H23NO3S/c1-2-8-15(13-7-9-19(17,18)11-13)14(16)10-12-5-3-4-6-12/h3,5,12-13H,2,4,6-11H2,1H3/t12-,13+/m1/s1. The third kappa shape index (κ3) is 3.81. The number of amides is 1. The second kappa shape index (κ2) is 6.07. The molecule has 0 aromatic rings. The zero-order valence-corrected chi connectivity index (χ0v) is 12.4. The minimum atomic E-state index is -2.93. The van der Waals surface area contributed by atoms with E-state index in [-0.39, 0.29) is 23.5 Å². The predicted octanol–water partition coefficient (Wildman–Crippen LogP) is 1.77. The molecule has 1 amide bonds. The molecule has 0 unspecified atom stereocenters. The molecule has 2 aliphatic rings. The van der Waals surface area contributed by atoms with Crippen LogP contribution in [0.25, 0.3) is 0 Å². The maximum Gasteiger partial charge on any atom is 0.223 e. The molecule has 0 spiro atoms. The first kappa shape index (κ1) is 14.6. The fraction of sp³-hybridized carbons (Fsp3) is 0.786. The van der Waals surface area contributed by atoms with Crippen LogP contribution in [0.15, 0.2) is 12.2 Å². The number of hydrogen-bond donors (Lipinski definition) is 0. The first-order valence-electron chi connectivity index (χ1n) is 7.18. The number of carbonyl (C=O) groups is 1. The van der Waals surface area contributed by atoms with Crippen molar-refractivity contribution in [2.45, 2.75) is 45.1 Å². The smallest absolute Gasteiger partial charge is 0.223 e. The van der Waals surface area contributed by atoms with Gasteiger partial charge in [-0.2, -0.15) is 0 Å². The number of nitrogens with zero attached hydrogens (tertiary/aromatic N) is 1. The molecule has 0 radical (unpaired) electrons. The Kier molecular flexibility index (Phi) is 4.66. The van der Waals surface area contributed by atoms with Gasteiger partial charge in [0.25, 0.3) is 0 Å². The van der Waals surface area contributed by atoms with Gasteiger partial charge in [-0.3, -0.25) is 4.79 Å². The molecule has 19 heavy (non-hydrogen) atoms. The highest BCUT2D eigenvalue weighted by molar-refractivity contribution is 7.91. The van der Waals surface area contributed by atoms with Gasteiger partial charge in [-0.25, -0.2) is 8.42 Å². The Morgan fingerprint density at radius 2 is 2.16 bits per heavy atom. The second-order valence-electron chi connectivity index (χ2n) is 5.61. The van der Waals surface area contributed by atoms with Gasteiger partial charge in [0, 0.05) is 19.0 Å². The van der Waals surface area contributed by atoms with E-state index in [4.69, 9.17) is 0 Å². The fourth-order valence-electron chi connectivity index (χ4n) is 2.98. The van der Waals surface area contributed by atoms with E-state index in [1.54, 1.807) is 0 Å². The zero-order valence-electron chi connectivity index (χ0n) is 11.5. The van der Waals surface area contributed by atoms with E-state index in [2.05, 4.69) is 12.2 Å². The highest BCUT2D eigenvalue weighted by Gasteiger charge is 2.34. The lowest BCUT2D eigenvalue weighted by molar-refractivity contribution is -0.133. The van der Waals surface area contributed by atoms with Crippen molar-refractivity contribution in [3.05, 3.63) is 12.2 Å². The molecular formula is C14H23NO3S. The Balaban J connectivity index is 1.98. The van der Waals surface area contributed by atoms with Crippen molar-refractivity contribution < 1.29 is 13.2 Å². The molecule has 1 aliphatic carbocycles. The molecule has 0 saturated carbocycles. The molecule has 1 fully saturated rings. The zero-order chi connectivity index (χ0) is 13.9. The molecule has 1 saturated heterocycles. The normalized spacial score (nSPS) is 28.7. The Labute approximate surface area is 115 Å². The summed E-state index contributed by atoms with van der Waals surface area (Å²) < 4.78 is 23.1. The van der Waals surface area contributed by atoms with Crippen LogP contribution in [0.5, 0.6) is 0 Å². The van der Waals surface area contributed by atoms with Crippen LogP contribution in [0.3, 0.4) is 0 Å². The number of carbonyl (C=O) groups excluding carboxylic acids is 1. The van der Waals surface area contributed by atoms with Gasteiger partial charge in [-0.05, 0) is 31.6 Å². The topological polar surface area (TPSA) is 54.5 Å². The van der Waals surface area contributed by atoms with Gasteiger partial charge in [0.15, 0.2) is 9.84 Å². The number of rotatable bonds is 5. The van der Waals surface area contributed by atoms with E-state index >= 15 is 0 Å². The molecule has 0 bridgehead atoms. The van der Waals surface area contributed by atoms with Crippen LogP contribution in [-0.4, -0.2) is 43.3 Å². The number of allylic oxidation sites excluding steroid dienone is 2. The molecule has 1 heterocycles. The first-order valence-corrected chi connectivity index (χ1v) is 9.00. The van der Waals surface area contributed by atoms with Crippen LogP contribution in [0.2, 0.25) is 0 Å². The average Bonchev–Trinajstić information content (AvgIpc) is 2.95. The molecule has 5 heteroatoms. The summed E-state index contributed by atoms with van der Waals surface area (Å²) in [6, 6.07) is -0.0946. The van der Waals surface area contributed by atoms with Crippen LogP contribution in [-0.2, 0) is 14.6 Å². The van der Waals surface area contributed by atoms with Crippen LogP contribution in [0.4, 0.5) is 0 Å². The summed E-state index contributed by atoms with van der Waals surface area (Å²) in [5, 5.41) is 0. The Bertz CT molecular complexity index is 455. The summed E-state index contributed by atoms with van der Waals surface area (Å²) in [6.07, 6.45) is 8.37. The van der Waals surface area contributed by atoms with Gasteiger partial charge in [0.1, 0.15) is 0 Å². The average molecular weight is 285 g/mol. The van der Waals surface area contributed by atoms with Crippen molar-refractivity contribution in [3.8, 4) is 0 Å². The predicted molar refractivity (Wildman–Crippen MR) is 75.5 cm³/mol. The maximum absolute atomic E-state index is 12.4. The molecule has 1 aliphatic heterocycles.